The molecule has 3 aliphatic heterocycles. The van der Waals surface area contributed by atoms with E-state index in [2.05, 4.69) is 26.5 Å². The van der Waals surface area contributed by atoms with Crippen LogP contribution in [0.1, 0.15) is 59.3 Å². The lowest BCUT2D eigenvalue weighted by Gasteiger charge is -2.38. The topological polar surface area (TPSA) is 55.8 Å². The van der Waals surface area contributed by atoms with E-state index in [-0.39, 0.29) is 30.0 Å². The van der Waals surface area contributed by atoms with Crippen molar-refractivity contribution in [2.24, 2.45) is 11.8 Å². The van der Waals surface area contributed by atoms with Crippen molar-refractivity contribution in [3.63, 3.8) is 0 Å². The van der Waals surface area contributed by atoms with Crippen molar-refractivity contribution in [1.82, 2.24) is 0 Å². The molecular formula is C20H30O4. The lowest BCUT2D eigenvalue weighted by molar-refractivity contribution is -0.182. The van der Waals surface area contributed by atoms with Crippen LogP contribution < -0.4 is 0 Å². The fourth-order valence-electron chi connectivity index (χ4n) is 4.39. The Kier molecular flexibility index (Phi) is 4.89. The molecule has 6 atom stereocenters. The van der Waals surface area contributed by atoms with E-state index < -0.39 is 11.7 Å². The summed E-state index contributed by atoms with van der Waals surface area (Å²) in [5.74, 6) is -0.197. The summed E-state index contributed by atoms with van der Waals surface area (Å²) in [5.41, 5.74) is 1.29. The zero-order chi connectivity index (χ0) is 17.5. The fourth-order valence-corrected chi connectivity index (χ4v) is 4.39. The predicted octanol–water partition coefficient (Wildman–Crippen LogP) is 3.54. The molecule has 0 unspecified atom stereocenters. The number of hydrogen-bond acceptors (Lipinski definition) is 4. The van der Waals surface area contributed by atoms with Crippen LogP contribution in [0.4, 0.5) is 0 Å². The average molecular weight is 334 g/mol. The molecule has 0 spiro atoms. The minimum absolute atomic E-state index is 0.137. The van der Waals surface area contributed by atoms with Gasteiger partial charge in [-0.1, -0.05) is 25.2 Å². The van der Waals surface area contributed by atoms with Gasteiger partial charge in [0.15, 0.2) is 0 Å². The smallest absolute Gasteiger partial charge is 0.334 e. The SMILES string of the molecule is C=C1C(=O)O[C@H]2[C@H]3O[C@@](C)(CC/C=C(\C)CCC[C@H]3C)[C@H](O)C[C@@H]12. The molecule has 0 aromatic heterocycles. The standard InChI is InChI=1S/C20H30O4/c1-12-7-5-9-13(2)17-18-15(14(3)19(22)23-18)11-16(21)20(4,24-17)10-6-8-12/h8,13,15-18,21H,3,5-7,9-11H2,1-2,4H3/b12-8+/t13-,15+,16-,17+,18-,20+/m1/s1. The van der Waals surface area contributed by atoms with Crippen molar-refractivity contribution in [2.75, 3.05) is 0 Å². The summed E-state index contributed by atoms with van der Waals surface area (Å²) < 4.78 is 12.1. The van der Waals surface area contributed by atoms with Crippen LogP contribution in [0.15, 0.2) is 23.8 Å². The highest BCUT2D eigenvalue weighted by atomic mass is 16.6. The maximum Gasteiger partial charge on any atom is 0.334 e. The quantitative estimate of drug-likeness (QED) is 0.418. The van der Waals surface area contributed by atoms with Gasteiger partial charge < -0.3 is 14.6 Å². The van der Waals surface area contributed by atoms with Gasteiger partial charge in [-0.3, -0.25) is 0 Å². The number of ether oxygens (including phenoxy) is 2. The zero-order valence-corrected chi connectivity index (χ0v) is 15.1. The Bertz CT molecular complexity index is 552. The van der Waals surface area contributed by atoms with Crippen molar-refractivity contribution in [2.45, 2.75) is 83.2 Å². The van der Waals surface area contributed by atoms with E-state index in [1.54, 1.807) is 0 Å². The highest BCUT2D eigenvalue weighted by molar-refractivity contribution is 5.90. The molecule has 0 aromatic rings. The van der Waals surface area contributed by atoms with Crippen molar-refractivity contribution < 1.29 is 19.4 Å². The largest absolute Gasteiger partial charge is 0.456 e. The Balaban J connectivity index is 1.95. The molecule has 0 radical (unpaired) electrons. The molecule has 0 aliphatic carbocycles. The second-order valence-electron chi connectivity index (χ2n) is 8.11. The highest BCUT2D eigenvalue weighted by Crippen LogP contribution is 2.44. The molecule has 2 saturated heterocycles. The van der Waals surface area contributed by atoms with Crippen molar-refractivity contribution >= 4 is 5.97 Å². The molecule has 134 valence electrons. The average Bonchev–Trinajstić information content (AvgIpc) is 2.72. The maximum atomic E-state index is 12.0. The Morgan fingerprint density at radius 3 is 2.88 bits per heavy atom. The molecular weight excluding hydrogens is 304 g/mol. The van der Waals surface area contributed by atoms with Crippen LogP contribution in [0, 0.1) is 11.8 Å². The number of carbonyl (C=O) groups is 1. The first kappa shape index (κ1) is 17.7. The first-order valence-electron chi connectivity index (χ1n) is 9.23. The zero-order valence-electron chi connectivity index (χ0n) is 15.1. The van der Waals surface area contributed by atoms with Crippen LogP contribution in [-0.2, 0) is 14.3 Å². The van der Waals surface area contributed by atoms with E-state index in [4.69, 9.17) is 9.47 Å². The van der Waals surface area contributed by atoms with Gasteiger partial charge in [-0.05, 0) is 58.3 Å². The Hall–Kier alpha value is -1.13. The van der Waals surface area contributed by atoms with Gasteiger partial charge in [0.2, 0.25) is 0 Å². The molecule has 2 bridgehead atoms. The van der Waals surface area contributed by atoms with E-state index in [0.29, 0.717) is 12.0 Å². The summed E-state index contributed by atoms with van der Waals surface area (Å²) in [6.07, 6.45) is 6.54. The molecule has 2 fully saturated rings. The summed E-state index contributed by atoms with van der Waals surface area (Å²) >= 11 is 0. The maximum absolute atomic E-state index is 12.0. The van der Waals surface area contributed by atoms with Crippen LogP contribution in [0.3, 0.4) is 0 Å². The van der Waals surface area contributed by atoms with Crippen molar-refractivity contribution in [3.8, 4) is 0 Å². The van der Waals surface area contributed by atoms with E-state index >= 15 is 0 Å². The second kappa shape index (κ2) is 6.64. The number of allylic oxidation sites excluding steroid dienone is 2. The number of rotatable bonds is 0. The first-order chi connectivity index (χ1) is 11.3. The number of esters is 1. The van der Waals surface area contributed by atoms with Crippen LogP contribution in [0.5, 0.6) is 0 Å². The fraction of sp³-hybridized carbons (Fsp3) is 0.750. The molecule has 4 heteroatoms. The third-order valence-corrected chi connectivity index (χ3v) is 6.19. The summed E-state index contributed by atoms with van der Waals surface area (Å²) in [4.78, 5) is 12.0. The molecule has 3 heterocycles. The summed E-state index contributed by atoms with van der Waals surface area (Å²) in [5, 5.41) is 10.9. The van der Waals surface area contributed by atoms with Crippen LogP contribution in [0.2, 0.25) is 0 Å². The van der Waals surface area contributed by atoms with Gasteiger partial charge in [-0.2, -0.15) is 0 Å². The Labute approximate surface area is 144 Å². The Morgan fingerprint density at radius 2 is 2.12 bits per heavy atom. The van der Waals surface area contributed by atoms with Gasteiger partial charge in [-0.15, -0.1) is 0 Å². The number of carbonyl (C=O) groups excluding carboxylic acids is 1. The van der Waals surface area contributed by atoms with E-state index in [9.17, 15) is 9.90 Å². The molecule has 1 N–H and O–H groups in total. The summed E-state index contributed by atoms with van der Waals surface area (Å²) in [7, 11) is 0. The summed E-state index contributed by atoms with van der Waals surface area (Å²) in [6, 6.07) is 0. The third-order valence-electron chi connectivity index (χ3n) is 6.19. The van der Waals surface area contributed by atoms with E-state index in [0.717, 1.165) is 32.1 Å². The summed E-state index contributed by atoms with van der Waals surface area (Å²) in [6.45, 7) is 10.3. The van der Waals surface area contributed by atoms with Gasteiger partial charge >= 0.3 is 5.97 Å². The highest BCUT2D eigenvalue weighted by Gasteiger charge is 2.53. The van der Waals surface area contributed by atoms with Crippen LogP contribution >= 0.6 is 0 Å². The minimum atomic E-state index is -0.622. The first-order valence-corrected chi connectivity index (χ1v) is 9.23. The van der Waals surface area contributed by atoms with Gasteiger partial charge in [0.25, 0.3) is 0 Å². The molecule has 0 amide bonds. The van der Waals surface area contributed by atoms with Gasteiger partial charge in [0, 0.05) is 11.5 Å². The van der Waals surface area contributed by atoms with Crippen molar-refractivity contribution in [3.05, 3.63) is 23.8 Å². The molecule has 0 saturated carbocycles. The number of hydrogen-bond donors (Lipinski definition) is 1. The Morgan fingerprint density at radius 1 is 1.38 bits per heavy atom. The molecule has 4 nitrogen and oxygen atoms in total. The molecule has 24 heavy (non-hydrogen) atoms. The lowest BCUT2D eigenvalue weighted by Crippen LogP contribution is -2.46. The van der Waals surface area contributed by atoms with Crippen LogP contribution in [-0.4, -0.2) is 35.0 Å². The second-order valence-corrected chi connectivity index (χ2v) is 8.11. The molecule has 3 rings (SSSR count). The van der Waals surface area contributed by atoms with Crippen molar-refractivity contribution in [1.29, 1.82) is 0 Å². The number of aliphatic hydroxyl groups excluding tert-OH is 1. The van der Waals surface area contributed by atoms with Crippen LogP contribution in [0.25, 0.3) is 0 Å². The predicted molar refractivity (Wildman–Crippen MR) is 92.4 cm³/mol. The van der Waals surface area contributed by atoms with Gasteiger partial charge in [0.1, 0.15) is 6.10 Å². The number of fused-ring (bicyclic) bond motifs is 4. The van der Waals surface area contributed by atoms with E-state index in [1.165, 1.54) is 5.57 Å². The van der Waals surface area contributed by atoms with Gasteiger partial charge in [-0.25, -0.2) is 4.79 Å². The van der Waals surface area contributed by atoms with Gasteiger partial charge in [0.05, 0.1) is 17.8 Å². The molecule has 0 aromatic carbocycles. The third kappa shape index (κ3) is 3.18. The molecule has 3 aliphatic rings. The van der Waals surface area contributed by atoms with E-state index in [1.807, 2.05) is 6.92 Å². The monoisotopic (exact) mass is 334 g/mol. The lowest BCUT2D eigenvalue weighted by atomic mass is 9.82. The minimum Gasteiger partial charge on any atom is -0.456 e. The number of aliphatic hydroxyl groups is 1. The normalized spacial score (nSPS) is 46.2.